The van der Waals surface area contributed by atoms with E-state index < -0.39 is 17.2 Å². The smallest absolute Gasteiger partial charge is 0.332 e. The van der Waals surface area contributed by atoms with E-state index in [9.17, 15) is 19.2 Å². The number of carbonyl (C=O) groups excluding carboxylic acids is 2. The van der Waals surface area contributed by atoms with E-state index in [4.69, 9.17) is 14.2 Å². The Morgan fingerprint density at radius 1 is 0.800 bits per heavy atom. The number of methoxy groups -OCH3 is 3. The van der Waals surface area contributed by atoms with E-state index in [0.29, 0.717) is 28.4 Å². The van der Waals surface area contributed by atoms with Crippen molar-refractivity contribution in [1.82, 2.24) is 19.8 Å². The van der Waals surface area contributed by atoms with Crippen LogP contribution in [0.15, 0.2) is 70.3 Å². The summed E-state index contributed by atoms with van der Waals surface area (Å²) in [4.78, 5) is 52.1. The van der Waals surface area contributed by atoms with Crippen LogP contribution < -0.4 is 36.1 Å². The Morgan fingerprint density at radius 3 is 2.02 bits per heavy atom. The van der Waals surface area contributed by atoms with Crippen LogP contribution in [0.5, 0.6) is 17.2 Å². The lowest BCUT2D eigenvalue weighted by atomic mass is 10.1. The molecular formula is C29H30N4O7. The Labute approximate surface area is 229 Å². The zero-order valence-corrected chi connectivity index (χ0v) is 22.6. The summed E-state index contributed by atoms with van der Waals surface area (Å²) in [5.74, 6) is 0.641. The van der Waals surface area contributed by atoms with E-state index in [1.807, 2.05) is 12.1 Å². The van der Waals surface area contributed by atoms with Crippen LogP contribution in [-0.4, -0.2) is 49.3 Å². The average molecular weight is 547 g/mol. The minimum Gasteiger partial charge on any atom is -0.497 e. The molecule has 40 heavy (non-hydrogen) atoms. The molecule has 2 amide bonds. The number of hydrogen-bond donors (Lipinski definition) is 2. The number of ether oxygens (including phenoxy) is 3. The SMILES string of the molecule is CNC(=O)c1ccc(Cn2c(=O)c3cc(OC)c(OC)cc3n(CC(=O)NCc3ccc(OC)cc3)c2=O)cc1. The third kappa shape index (κ3) is 5.83. The van der Waals surface area contributed by atoms with E-state index in [1.165, 1.54) is 38.0 Å². The number of amides is 2. The van der Waals surface area contributed by atoms with E-state index in [0.717, 1.165) is 10.1 Å². The van der Waals surface area contributed by atoms with Gasteiger partial charge in [-0.2, -0.15) is 0 Å². The fourth-order valence-electron chi connectivity index (χ4n) is 4.27. The Hall–Kier alpha value is -5.06. The first-order valence-corrected chi connectivity index (χ1v) is 12.4. The number of carbonyl (C=O) groups is 2. The van der Waals surface area contributed by atoms with Gasteiger partial charge in [-0.15, -0.1) is 0 Å². The standard InChI is InChI=1S/C29H30N4O7/c1-30-27(35)20-9-5-19(6-10-20)16-33-28(36)22-13-24(39-3)25(40-4)14-23(22)32(29(33)37)17-26(34)31-15-18-7-11-21(38-2)12-8-18/h5-14H,15-17H2,1-4H3,(H,30,35)(H,31,34). The third-order valence-electron chi connectivity index (χ3n) is 6.46. The molecule has 4 aromatic rings. The van der Waals surface area contributed by atoms with Crippen LogP contribution in [0.2, 0.25) is 0 Å². The predicted octanol–water partition coefficient (Wildman–Crippen LogP) is 1.91. The average Bonchev–Trinajstić information content (AvgIpc) is 2.99. The Morgan fingerprint density at radius 2 is 1.43 bits per heavy atom. The molecule has 1 heterocycles. The summed E-state index contributed by atoms with van der Waals surface area (Å²) in [6, 6.07) is 16.8. The largest absolute Gasteiger partial charge is 0.497 e. The normalized spacial score (nSPS) is 10.7. The first-order chi connectivity index (χ1) is 19.3. The van der Waals surface area contributed by atoms with Crippen LogP contribution in [0.3, 0.4) is 0 Å². The summed E-state index contributed by atoms with van der Waals surface area (Å²) < 4.78 is 18.2. The molecule has 4 rings (SSSR count). The van der Waals surface area contributed by atoms with Gasteiger partial charge in [-0.1, -0.05) is 24.3 Å². The molecule has 0 aliphatic carbocycles. The van der Waals surface area contributed by atoms with Crippen LogP contribution in [-0.2, 0) is 24.4 Å². The molecular weight excluding hydrogens is 516 g/mol. The fourth-order valence-corrected chi connectivity index (χ4v) is 4.27. The van der Waals surface area contributed by atoms with Gasteiger partial charge >= 0.3 is 5.69 Å². The molecule has 0 bridgehead atoms. The highest BCUT2D eigenvalue weighted by Crippen LogP contribution is 2.30. The summed E-state index contributed by atoms with van der Waals surface area (Å²) in [5.41, 5.74) is 0.939. The van der Waals surface area contributed by atoms with Crippen LogP contribution in [0.1, 0.15) is 21.5 Å². The number of fused-ring (bicyclic) bond motifs is 1. The number of aromatic nitrogens is 2. The summed E-state index contributed by atoms with van der Waals surface area (Å²) >= 11 is 0. The molecule has 208 valence electrons. The first-order valence-electron chi connectivity index (χ1n) is 12.4. The number of nitrogens with zero attached hydrogens (tertiary/aromatic N) is 2. The van der Waals surface area contributed by atoms with Crippen molar-refractivity contribution in [2.75, 3.05) is 28.4 Å². The van der Waals surface area contributed by atoms with Gasteiger partial charge in [0, 0.05) is 25.2 Å². The predicted molar refractivity (Wildman–Crippen MR) is 149 cm³/mol. The molecule has 0 fully saturated rings. The van der Waals surface area contributed by atoms with Gasteiger partial charge < -0.3 is 24.8 Å². The van der Waals surface area contributed by atoms with Crippen molar-refractivity contribution < 1.29 is 23.8 Å². The van der Waals surface area contributed by atoms with Crippen molar-refractivity contribution in [2.24, 2.45) is 0 Å². The maximum atomic E-state index is 13.7. The third-order valence-corrected chi connectivity index (χ3v) is 6.46. The summed E-state index contributed by atoms with van der Waals surface area (Å²) in [6.07, 6.45) is 0. The minimum atomic E-state index is -0.667. The first kappa shape index (κ1) is 28.0. The Kier molecular flexibility index (Phi) is 8.53. The summed E-state index contributed by atoms with van der Waals surface area (Å²) in [6.45, 7) is -0.162. The minimum absolute atomic E-state index is 0.0660. The van der Waals surface area contributed by atoms with Crippen molar-refractivity contribution in [3.63, 3.8) is 0 Å². The number of benzene rings is 3. The van der Waals surface area contributed by atoms with Crippen molar-refractivity contribution in [3.8, 4) is 17.2 Å². The van der Waals surface area contributed by atoms with Gasteiger partial charge in [-0.05, 0) is 41.5 Å². The fraction of sp³-hybridized carbons (Fsp3) is 0.241. The van der Waals surface area contributed by atoms with Crippen LogP contribution in [0.4, 0.5) is 0 Å². The zero-order valence-electron chi connectivity index (χ0n) is 22.6. The van der Waals surface area contributed by atoms with E-state index in [1.54, 1.807) is 43.5 Å². The molecule has 0 saturated carbocycles. The summed E-state index contributed by atoms with van der Waals surface area (Å²) in [7, 11) is 5.99. The van der Waals surface area contributed by atoms with Crippen molar-refractivity contribution in [1.29, 1.82) is 0 Å². The number of rotatable bonds is 10. The molecule has 0 saturated heterocycles. The molecule has 11 nitrogen and oxygen atoms in total. The maximum absolute atomic E-state index is 13.7. The van der Waals surface area contributed by atoms with E-state index in [2.05, 4.69) is 10.6 Å². The van der Waals surface area contributed by atoms with Gasteiger partial charge in [0.2, 0.25) is 5.91 Å². The molecule has 0 aliphatic heterocycles. The Balaban J connectivity index is 1.73. The second-order valence-corrected chi connectivity index (χ2v) is 8.89. The highest BCUT2D eigenvalue weighted by molar-refractivity contribution is 5.94. The molecule has 0 spiro atoms. The molecule has 2 N–H and O–H groups in total. The molecule has 0 radical (unpaired) electrons. The van der Waals surface area contributed by atoms with Gasteiger partial charge in [0.25, 0.3) is 11.5 Å². The zero-order chi connectivity index (χ0) is 28.8. The number of hydrogen-bond acceptors (Lipinski definition) is 7. The number of nitrogens with one attached hydrogen (secondary N) is 2. The van der Waals surface area contributed by atoms with E-state index >= 15 is 0 Å². The van der Waals surface area contributed by atoms with E-state index in [-0.39, 0.29) is 36.4 Å². The maximum Gasteiger partial charge on any atom is 0.332 e. The lowest BCUT2D eigenvalue weighted by molar-refractivity contribution is -0.121. The lowest BCUT2D eigenvalue weighted by Crippen LogP contribution is -2.42. The molecule has 3 aromatic carbocycles. The van der Waals surface area contributed by atoms with Gasteiger partial charge in [0.1, 0.15) is 12.3 Å². The molecule has 0 aliphatic rings. The van der Waals surface area contributed by atoms with Gasteiger partial charge in [-0.3, -0.25) is 23.5 Å². The monoisotopic (exact) mass is 546 g/mol. The Bertz CT molecular complexity index is 1660. The quantitative estimate of drug-likeness (QED) is 0.311. The topological polar surface area (TPSA) is 130 Å². The van der Waals surface area contributed by atoms with Crippen molar-refractivity contribution >= 4 is 22.7 Å². The van der Waals surface area contributed by atoms with Crippen molar-refractivity contribution in [2.45, 2.75) is 19.6 Å². The van der Waals surface area contributed by atoms with Gasteiger partial charge in [-0.25, -0.2) is 4.79 Å². The lowest BCUT2D eigenvalue weighted by Gasteiger charge is -2.16. The van der Waals surface area contributed by atoms with Crippen LogP contribution in [0.25, 0.3) is 10.9 Å². The second-order valence-electron chi connectivity index (χ2n) is 8.89. The summed E-state index contributed by atoms with van der Waals surface area (Å²) in [5, 5.41) is 5.54. The van der Waals surface area contributed by atoms with Crippen LogP contribution >= 0.6 is 0 Å². The highest BCUT2D eigenvalue weighted by atomic mass is 16.5. The van der Waals surface area contributed by atoms with Crippen molar-refractivity contribution in [3.05, 3.63) is 98.2 Å². The highest BCUT2D eigenvalue weighted by Gasteiger charge is 2.19. The van der Waals surface area contributed by atoms with Crippen LogP contribution in [0, 0.1) is 0 Å². The molecule has 0 unspecified atom stereocenters. The van der Waals surface area contributed by atoms with Gasteiger partial charge in [0.05, 0.1) is 38.8 Å². The molecule has 0 atom stereocenters. The molecule has 11 heteroatoms. The van der Waals surface area contributed by atoms with Gasteiger partial charge in [0.15, 0.2) is 11.5 Å². The molecule has 1 aromatic heterocycles. The second kappa shape index (κ2) is 12.2.